The third-order valence-corrected chi connectivity index (χ3v) is 16.5. The Kier molecular flexibility index (Phi) is 13.7. The molecule has 1 aliphatic carbocycles. The van der Waals surface area contributed by atoms with Crippen LogP contribution in [0.5, 0.6) is 11.5 Å². The summed E-state index contributed by atoms with van der Waals surface area (Å²) in [7, 11) is -5.93. The monoisotopic (exact) mass is 784 g/mol. The number of benzene rings is 6. The molecule has 1 saturated carbocycles. The molecule has 6 aromatic rings. The number of para-hydroxylation sites is 2. The minimum atomic E-state index is -2.96. The van der Waals surface area contributed by atoms with Gasteiger partial charge in [-0.15, -0.1) is 0 Å². The molecular formula is C48H50O6P2. The lowest BCUT2D eigenvalue weighted by Crippen LogP contribution is -2.36. The van der Waals surface area contributed by atoms with Gasteiger partial charge in [0.2, 0.25) is 0 Å². The topological polar surface area (TPSA) is 71.1 Å². The molecule has 0 aliphatic heterocycles. The second-order valence-electron chi connectivity index (χ2n) is 14.2. The first-order chi connectivity index (χ1) is 27.5. The van der Waals surface area contributed by atoms with Crippen LogP contribution in [-0.4, -0.2) is 38.6 Å². The summed E-state index contributed by atoms with van der Waals surface area (Å²) in [6, 6.07) is 54.7. The number of ether oxygens (including phenoxy) is 4. The number of hydrogen-bond donors (Lipinski definition) is 0. The Hall–Kier alpha value is -4.70. The minimum absolute atomic E-state index is 0.0334. The first-order valence-corrected chi connectivity index (χ1v) is 23.4. The molecule has 0 aromatic heterocycles. The molecule has 0 amide bonds. The Morgan fingerprint density at radius 2 is 0.696 bits per heavy atom. The highest BCUT2D eigenvalue weighted by atomic mass is 31.2. The van der Waals surface area contributed by atoms with E-state index in [4.69, 9.17) is 18.9 Å². The lowest BCUT2D eigenvalue weighted by molar-refractivity contribution is -0.0998. The molecule has 2 atom stereocenters. The summed E-state index contributed by atoms with van der Waals surface area (Å²) in [5.74, 6) is 1.45. The van der Waals surface area contributed by atoms with Crippen molar-refractivity contribution in [3.63, 3.8) is 0 Å². The zero-order valence-corrected chi connectivity index (χ0v) is 33.5. The summed E-state index contributed by atoms with van der Waals surface area (Å²) in [5, 5.41) is 3.33. The van der Waals surface area contributed by atoms with Crippen LogP contribution in [0.1, 0.15) is 36.8 Å². The molecule has 1 fully saturated rings. The standard InChI is InChI=1S/C48H50O6P2/c49-55(41-21-5-1-6-22-41,42-23-7-2-8-24-42)37-39-19-13-15-29-45(39)51-33-35-53-47-31-17-18-32-48(47)54-36-34-52-46-30-16-14-20-40(46)38-56(50,43-25-9-3-10-26-43)44-27-11-4-12-28-44/h1-16,19-30,47-48H,17-18,31-38H2. The molecule has 0 N–H and O–H groups in total. The van der Waals surface area contributed by atoms with Gasteiger partial charge >= 0.3 is 0 Å². The van der Waals surface area contributed by atoms with Gasteiger partial charge in [-0.2, -0.15) is 0 Å². The normalized spacial score (nSPS) is 15.9. The largest absolute Gasteiger partial charge is 0.491 e. The summed E-state index contributed by atoms with van der Waals surface area (Å²) in [6.45, 7) is 1.58. The number of hydrogen-bond acceptors (Lipinski definition) is 6. The van der Waals surface area contributed by atoms with Crippen LogP contribution in [0, 0.1) is 0 Å². The fourth-order valence-corrected chi connectivity index (χ4v) is 12.9. The molecule has 56 heavy (non-hydrogen) atoms. The Morgan fingerprint density at radius 3 is 1.04 bits per heavy atom. The van der Waals surface area contributed by atoms with Crippen molar-refractivity contribution in [1.82, 2.24) is 0 Å². The van der Waals surface area contributed by atoms with Gasteiger partial charge in [0.1, 0.15) is 39.0 Å². The summed E-state index contributed by atoms with van der Waals surface area (Å²) in [6.07, 6.45) is 4.70. The predicted molar refractivity (Wildman–Crippen MR) is 229 cm³/mol. The van der Waals surface area contributed by atoms with E-state index >= 15 is 0 Å². The molecule has 8 heteroatoms. The highest BCUT2D eigenvalue weighted by molar-refractivity contribution is 7.78. The second kappa shape index (κ2) is 19.4. The third kappa shape index (κ3) is 9.81. The lowest BCUT2D eigenvalue weighted by atomic mass is 9.94. The highest BCUT2D eigenvalue weighted by Crippen LogP contribution is 2.49. The van der Waals surface area contributed by atoms with Crippen molar-refractivity contribution in [1.29, 1.82) is 0 Å². The van der Waals surface area contributed by atoms with E-state index < -0.39 is 14.3 Å². The van der Waals surface area contributed by atoms with E-state index in [-0.39, 0.29) is 12.2 Å². The van der Waals surface area contributed by atoms with Crippen molar-refractivity contribution < 1.29 is 28.1 Å². The van der Waals surface area contributed by atoms with Crippen molar-refractivity contribution >= 4 is 35.5 Å². The Balaban J connectivity index is 0.928. The van der Waals surface area contributed by atoms with Gasteiger partial charge in [0, 0.05) is 44.7 Å². The van der Waals surface area contributed by atoms with Crippen molar-refractivity contribution in [2.24, 2.45) is 0 Å². The fourth-order valence-electron chi connectivity index (χ4n) is 7.52. The highest BCUT2D eigenvalue weighted by Gasteiger charge is 2.31. The molecule has 0 spiro atoms. The zero-order valence-electron chi connectivity index (χ0n) is 31.7. The summed E-state index contributed by atoms with van der Waals surface area (Å²) in [4.78, 5) is 0. The fraction of sp³-hybridized carbons (Fsp3) is 0.250. The van der Waals surface area contributed by atoms with Gasteiger partial charge in [-0.3, -0.25) is 0 Å². The van der Waals surface area contributed by atoms with E-state index in [2.05, 4.69) is 0 Å². The average molecular weight is 785 g/mol. The average Bonchev–Trinajstić information content (AvgIpc) is 3.26. The van der Waals surface area contributed by atoms with Crippen LogP contribution in [0.25, 0.3) is 0 Å². The predicted octanol–water partition coefficient (Wildman–Crippen LogP) is 9.52. The molecule has 6 aromatic carbocycles. The Labute approximate surface area is 331 Å². The molecule has 0 saturated heterocycles. The van der Waals surface area contributed by atoms with Gasteiger partial charge in [-0.05, 0) is 25.0 Å². The van der Waals surface area contributed by atoms with E-state index in [1.165, 1.54) is 0 Å². The van der Waals surface area contributed by atoms with Gasteiger partial charge < -0.3 is 28.1 Å². The molecule has 0 bridgehead atoms. The van der Waals surface area contributed by atoms with Crippen molar-refractivity contribution in [3.05, 3.63) is 181 Å². The van der Waals surface area contributed by atoms with E-state index in [9.17, 15) is 9.13 Å². The second-order valence-corrected chi connectivity index (χ2v) is 19.8. The van der Waals surface area contributed by atoms with Gasteiger partial charge in [0.15, 0.2) is 0 Å². The summed E-state index contributed by atoms with van der Waals surface area (Å²) >= 11 is 0. The quantitative estimate of drug-likeness (QED) is 0.0639. The van der Waals surface area contributed by atoms with Gasteiger partial charge in [0.25, 0.3) is 0 Å². The van der Waals surface area contributed by atoms with E-state index in [1.807, 2.05) is 170 Å². The van der Waals surface area contributed by atoms with Crippen LogP contribution >= 0.6 is 14.3 Å². The molecule has 6 nitrogen and oxygen atoms in total. The molecule has 0 radical (unpaired) electrons. The third-order valence-electron chi connectivity index (χ3n) is 10.4. The Morgan fingerprint density at radius 1 is 0.393 bits per heavy atom. The maximum Gasteiger partial charge on any atom is 0.147 e. The van der Waals surface area contributed by atoms with Crippen molar-refractivity contribution in [2.45, 2.75) is 50.2 Å². The van der Waals surface area contributed by atoms with Crippen LogP contribution in [0.2, 0.25) is 0 Å². The zero-order chi connectivity index (χ0) is 38.5. The molecule has 7 rings (SSSR count). The van der Waals surface area contributed by atoms with Gasteiger partial charge in [-0.25, -0.2) is 0 Å². The maximum absolute atomic E-state index is 14.8. The summed E-state index contributed by atoms with van der Waals surface area (Å²) in [5.41, 5.74) is 1.82. The summed E-state index contributed by atoms with van der Waals surface area (Å²) < 4.78 is 54.9. The molecule has 1 aliphatic rings. The van der Waals surface area contributed by atoms with E-state index in [0.29, 0.717) is 38.8 Å². The first kappa shape index (κ1) is 39.5. The van der Waals surface area contributed by atoms with E-state index in [0.717, 1.165) is 69.5 Å². The first-order valence-electron chi connectivity index (χ1n) is 19.6. The van der Waals surface area contributed by atoms with Crippen LogP contribution in [-0.2, 0) is 30.9 Å². The van der Waals surface area contributed by atoms with Crippen molar-refractivity contribution in [2.75, 3.05) is 26.4 Å². The SMILES string of the molecule is O=P(Cc1ccccc1OCCOC1CCCCC1OCCOc1ccccc1CP(=O)(c1ccccc1)c1ccccc1)(c1ccccc1)c1ccccc1. The van der Waals surface area contributed by atoms with Gasteiger partial charge in [0.05, 0.1) is 25.4 Å². The molecule has 2 unspecified atom stereocenters. The number of rotatable bonds is 18. The van der Waals surface area contributed by atoms with Crippen LogP contribution in [0.3, 0.4) is 0 Å². The van der Waals surface area contributed by atoms with Gasteiger partial charge in [-0.1, -0.05) is 171 Å². The van der Waals surface area contributed by atoms with E-state index in [1.54, 1.807) is 0 Å². The molecule has 288 valence electrons. The maximum atomic E-state index is 14.8. The van der Waals surface area contributed by atoms with Crippen molar-refractivity contribution in [3.8, 4) is 11.5 Å². The van der Waals surface area contributed by atoms with Crippen LogP contribution < -0.4 is 30.7 Å². The molecular weight excluding hydrogens is 734 g/mol. The van der Waals surface area contributed by atoms with Crippen LogP contribution in [0.15, 0.2) is 170 Å². The smallest absolute Gasteiger partial charge is 0.147 e. The Bertz CT molecular complexity index is 1950. The lowest BCUT2D eigenvalue weighted by Gasteiger charge is -2.31. The molecule has 0 heterocycles. The minimum Gasteiger partial charge on any atom is -0.491 e. The van der Waals surface area contributed by atoms with Crippen LogP contribution in [0.4, 0.5) is 0 Å².